The van der Waals surface area contributed by atoms with E-state index in [1.807, 2.05) is 0 Å². The molecule has 20 heavy (non-hydrogen) atoms. The second kappa shape index (κ2) is 9.75. The van der Waals surface area contributed by atoms with Crippen LogP contribution in [-0.2, 0) is 0 Å². The van der Waals surface area contributed by atoms with Crippen LogP contribution in [0.25, 0.3) is 0 Å². The number of rotatable bonds is 9. The van der Waals surface area contributed by atoms with Gasteiger partial charge < -0.3 is 10.2 Å². The first kappa shape index (κ1) is 16.3. The second-order valence-corrected chi connectivity index (χ2v) is 6.58. The molecule has 2 aliphatic rings. The molecule has 0 aromatic carbocycles. The Morgan fingerprint density at radius 2 is 1.60 bits per heavy atom. The van der Waals surface area contributed by atoms with E-state index < -0.39 is 0 Å². The number of unbranched alkanes of at least 4 members (excludes halogenated alkanes) is 3. The molecule has 3 nitrogen and oxygen atoms in total. The number of piperazine rings is 1. The third-order valence-electron chi connectivity index (χ3n) is 5.08. The zero-order valence-corrected chi connectivity index (χ0v) is 13.6. The maximum Gasteiger partial charge on any atom is 0.0113 e. The smallest absolute Gasteiger partial charge is 0.0113 e. The third-order valence-corrected chi connectivity index (χ3v) is 5.08. The fourth-order valence-corrected chi connectivity index (χ4v) is 3.74. The van der Waals surface area contributed by atoms with Crippen molar-refractivity contribution in [3.8, 4) is 0 Å². The molecule has 1 aliphatic heterocycles. The summed E-state index contributed by atoms with van der Waals surface area (Å²) in [7, 11) is 0. The van der Waals surface area contributed by atoms with Gasteiger partial charge in [-0.3, -0.25) is 4.90 Å². The molecule has 3 heteroatoms. The highest BCUT2D eigenvalue weighted by Gasteiger charge is 2.25. The van der Waals surface area contributed by atoms with E-state index in [1.54, 1.807) is 0 Å². The van der Waals surface area contributed by atoms with Crippen LogP contribution in [0, 0.1) is 0 Å². The summed E-state index contributed by atoms with van der Waals surface area (Å²) in [5.41, 5.74) is 0. The summed E-state index contributed by atoms with van der Waals surface area (Å²) < 4.78 is 0. The molecule has 2 fully saturated rings. The average molecular weight is 281 g/mol. The van der Waals surface area contributed by atoms with Crippen LogP contribution in [0.1, 0.15) is 58.3 Å². The van der Waals surface area contributed by atoms with Gasteiger partial charge in [-0.15, -0.1) is 0 Å². The van der Waals surface area contributed by atoms with Crippen LogP contribution in [0.2, 0.25) is 0 Å². The molecule has 2 rings (SSSR count). The predicted octanol–water partition coefficient (Wildman–Crippen LogP) is 2.72. The number of hydrogen-bond acceptors (Lipinski definition) is 3. The molecule has 1 aliphatic carbocycles. The quantitative estimate of drug-likeness (QED) is 0.656. The number of nitrogens with zero attached hydrogens (tertiary/aromatic N) is 2. The van der Waals surface area contributed by atoms with Gasteiger partial charge in [0.15, 0.2) is 0 Å². The van der Waals surface area contributed by atoms with Crippen molar-refractivity contribution in [2.45, 2.75) is 64.3 Å². The predicted molar refractivity (Wildman–Crippen MR) is 87.3 cm³/mol. The third kappa shape index (κ3) is 5.71. The molecular formula is C17H35N3. The van der Waals surface area contributed by atoms with Gasteiger partial charge in [0, 0.05) is 32.2 Å². The zero-order valence-electron chi connectivity index (χ0n) is 13.6. The van der Waals surface area contributed by atoms with E-state index >= 15 is 0 Å². The Labute approximate surface area is 126 Å². The molecule has 0 bridgehead atoms. The van der Waals surface area contributed by atoms with Crippen molar-refractivity contribution in [2.75, 3.05) is 45.8 Å². The van der Waals surface area contributed by atoms with Crippen molar-refractivity contribution < 1.29 is 0 Å². The summed E-state index contributed by atoms with van der Waals surface area (Å²) >= 11 is 0. The minimum absolute atomic E-state index is 0.934. The maximum atomic E-state index is 3.40. The Hall–Kier alpha value is -0.120. The maximum absolute atomic E-state index is 3.40. The fourth-order valence-electron chi connectivity index (χ4n) is 3.74. The molecule has 1 N–H and O–H groups in total. The van der Waals surface area contributed by atoms with E-state index in [9.17, 15) is 0 Å². The highest BCUT2D eigenvalue weighted by molar-refractivity contribution is 4.81. The van der Waals surface area contributed by atoms with Crippen LogP contribution in [0.3, 0.4) is 0 Å². The summed E-state index contributed by atoms with van der Waals surface area (Å²) in [5, 5.41) is 3.40. The Morgan fingerprint density at radius 1 is 0.900 bits per heavy atom. The van der Waals surface area contributed by atoms with E-state index in [0.717, 1.165) is 12.6 Å². The fraction of sp³-hybridized carbons (Fsp3) is 1.00. The van der Waals surface area contributed by atoms with Gasteiger partial charge in [-0.2, -0.15) is 0 Å². The monoisotopic (exact) mass is 281 g/mol. The Kier molecular flexibility index (Phi) is 7.92. The van der Waals surface area contributed by atoms with Crippen molar-refractivity contribution in [1.29, 1.82) is 0 Å². The van der Waals surface area contributed by atoms with Gasteiger partial charge >= 0.3 is 0 Å². The molecule has 0 aromatic rings. The average Bonchev–Trinajstić information content (AvgIpc) is 3.01. The van der Waals surface area contributed by atoms with Crippen molar-refractivity contribution in [3.63, 3.8) is 0 Å². The van der Waals surface area contributed by atoms with Crippen LogP contribution in [0.15, 0.2) is 0 Å². The first-order valence-corrected chi connectivity index (χ1v) is 9.07. The van der Waals surface area contributed by atoms with Gasteiger partial charge in [0.2, 0.25) is 0 Å². The normalized spacial score (nSPS) is 22.6. The lowest BCUT2D eigenvalue weighted by atomic mass is 10.1. The van der Waals surface area contributed by atoms with Crippen LogP contribution in [0.5, 0.6) is 0 Å². The minimum Gasteiger partial charge on any atom is -0.317 e. The number of hydrogen-bond donors (Lipinski definition) is 1. The standard InChI is InChI=1S/C17H35N3/c1-2-18-11-7-3-4-8-12-19-13-15-20(16-14-19)17-9-5-6-10-17/h17-18H,2-16H2,1H3. The van der Waals surface area contributed by atoms with E-state index in [4.69, 9.17) is 0 Å². The van der Waals surface area contributed by atoms with Crippen LogP contribution < -0.4 is 5.32 Å². The van der Waals surface area contributed by atoms with Crippen molar-refractivity contribution in [3.05, 3.63) is 0 Å². The molecule has 1 saturated carbocycles. The highest BCUT2D eigenvalue weighted by Crippen LogP contribution is 2.24. The van der Waals surface area contributed by atoms with E-state index in [1.165, 1.54) is 90.6 Å². The molecule has 0 unspecified atom stereocenters. The van der Waals surface area contributed by atoms with Gasteiger partial charge in [-0.1, -0.05) is 32.6 Å². The molecular weight excluding hydrogens is 246 g/mol. The molecule has 118 valence electrons. The molecule has 0 radical (unpaired) electrons. The lowest BCUT2D eigenvalue weighted by Gasteiger charge is -2.38. The van der Waals surface area contributed by atoms with Crippen LogP contribution >= 0.6 is 0 Å². The summed E-state index contributed by atoms with van der Waals surface area (Å²) in [6, 6.07) is 0.934. The lowest BCUT2D eigenvalue weighted by molar-refractivity contribution is 0.0967. The van der Waals surface area contributed by atoms with Gasteiger partial charge in [0.05, 0.1) is 0 Å². The van der Waals surface area contributed by atoms with Gasteiger partial charge in [0.1, 0.15) is 0 Å². The molecule has 0 atom stereocenters. The molecule has 1 saturated heterocycles. The Morgan fingerprint density at radius 3 is 2.30 bits per heavy atom. The first-order chi connectivity index (χ1) is 9.90. The largest absolute Gasteiger partial charge is 0.317 e. The second-order valence-electron chi connectivity index (χ2n) is 6.58. The van der Waals surface area contributed by atoms with Crippen LogP contribution in [-0.4, -0.2) is 61.7 Å². The topological polar surface area (TPSA) is 18.5 Å². The first-order valence-electron chi connectivity index (χ1n) is 9.07. The summed E-state index contributed by atoms with van der Waals surface area (Å²) in [6.07, 6.45) is 11.4. The van der Waals surface area contributed by atoms with Gasteiger partial charge in [-0.05, 0) is 45.3 Å². The molecule has 0 spiro atoms. The van der Waals surface area contributed by atoms with Gasteiger partial charge in [0.25, 0.3) is 0 Å². The van der Waals surface area contributed by atoms with Gasteiger partial charge in [-0.25, -0.2) is 0 Å². The Balaban J connectivity index is 1.45. The summed E-state index contributed by atoms with van der Waals surface area (Å²) in [5.74, 6) is 0. The SMILES string of the molecule is CCNCCCCCCN1CCN(C2CCCC2)CC1. The van der Waals surface area contributed by atoms with Crippen molar-refractivity contribution in [1.82, 2.24) is 15.1 Å². The van der Waals surface area contributed by atoms with Crippen LogP contribution in [0.4, 0.5) is 0 Å². The zero-order chi connectivity index (χ0) is 14.0. The summed E-state index contributed by atoms with van der Waals surface area (Å²) in [6.45, 7) is 11.1. The summed E-state index contributed by atoms with van der Waals surface area (Å²) in [4.78, 5) is 5.45. The Bertz CT molecular complexity index is 230. The van der Waals surface area contributed by atoms with E-state index in [0.29, 0.717) is 0 Å². The van der Waals surface area contributed by atoms with E-state index in [2.05, 4.69) is 22.0 Å². The lowest BCUT2D eigenvalue weighted by Crippen LogP contribution is -2.49. The van der Waals surface area contributed by atoms with Crippen molar-refractivity contribution in [2.24, 2.45) is 0 Å². The van der Waals surface area contributed by atoms with E-state index in [-0.39, 0.29) is 0 Å². The minimum atomic E-state index is 0.934. The highest BCUT2D eigenvalue weighted by atomic mass is 15.3. The number of nitrogens with one attached hydrogen (secondary N) is 1. The molecule has 0 aromatic heterocycles. The molecule has 0 amide bonds. The molecule has 1 heterocycles. The van der Waals surface area contributed by atoms with Crippen molar-refractivity contribution >= 4 is 0 Å².